The van der Waals surface area contributed by atoms with Crippen LogP contribution in [0.25, 0.3) is 6.08 Å². The molecule has 0 atom stereocenters. The van der Waals surface area contributed by atoms with Gasteiger partial charge in [-0.25, -0.2) is 0 Å². The number of rotatable bonds is 6. The van der Waals surface area contributed by atoms with Crippen molar-refractivity contribution in [1.82, 2.24) is 0 Å². The number of nitrogens with one attached hydrogen (secondary N) is 1. The van der Waals surface area contributed by atoms with E-state index in [0.29, 0.717) is 0 Å². The zero-order chi connectivity index (χ0) is 17.5. The molecule has 1 N–H and O–H groups in total. The highest BCUT2D eigenvalue weighted by Crippen LogP contribution is 2.28. The Morgan fingerprint density at radius 3 is 2.42 bits per heavy atom. The van der Waals surface area contributed by atoms with E-state index in [0.717, 1.165) is 17.2 Å². The SMILES string of the molecule is CC(C=NNc1ccc([N+](=O)[O-])cc1[N+](=O)[O-])=Cc1ccccc1. The first-order valence-corrected chi connectivity index (χ1v) is 6.92. The lowest BCUT2D eigenvalue weighted by Gasteiger charge is -2.02. The summed E-state index contributed by atoms with van der Waals surface area (Å²) in [5.41, 5.74) is 3.69. The number of nitro benzene ring substituents is 2. The van der Waals surface area contributed by atoms with E-state index >= 15 is 0 Å². The Balaban J connectivity index is 2.15. The van der Waals surface area contributed by atoms with Gasteiger partial charge in [0, 0.05) is 6.07 Å². The molecule has 0 heterocycles. The van der Waals surface area contributed by atoms with Gasteiger partial charge >= 0.3 is 5.69 Å². The first-order chi connectivity index (χ1) is 11.5. The quantitative estimate of drug-likeness (QED) is 0.490. The van der Waals surface area contributed by atoms with Gasteiger partial charge in [-0.2, -0.15) is 5.10 Å². The van der Waals surface area contributed by atoms with Crippen molar-refractivity contribution in [3.63, 3.8) is 0 Å². The van der Waals surface area contributed by atoms with Crippen LogP contribution in [0.15, 0.2) is 59.2 Å². The van der Waals surface area contributed by atoms with Gasteiger partial charge in [-0.3, -0.25) is 25.7 Å². The molecule has 0 radical (unpaired) electrons. The molecule has 0 bridgehead atoms. The summed E-state index contributed by atoms with van der Waals surface area (Å²) in [4.78, 5) is 20.3. The van der Waals surface area contributed by atoms with E-state index in [4.69, 9.17) is 0 Å². The van der Waals surface area contributed by atoms with Gasteiger partial charge in [0.25, 0.3) is 5.69 Å². The van der Waals surface area contributed by atoms with Crippen LogP contribution >= 0.6 is 0 Å². The minimum Gasteiger partial charge on any atom is -0.272 e. The van der Waals surface area contributed by atoms with Crippen LogP contribution in [0, 0.1) is 20.2 Å². The number of allylic oxidation sites excluding steroid dienone is 1. The Morgan fingerprint density at radius 2 is 1.79 bits per heavy atom. The number of hydrogen-bond acceptors (Lipinski definition) is 6. The maximum Gasteiger partial charge on any atom is 0.301 e. The van der Waals surface area contributed by atoms with E-state index in [2.05, 4.69) is 10.5 Å². The predicted molar refractivity (Wildman–Crippen MR) is 92.0 cm³/mol. The molecule has 0 spiro atoms. The van der Waals surface area contributed by atoms with Crippen LogP contribution in [0.5, 0.6) is 0 Å². The summed E-state index contributed by atoms with van der Waals surface area (Å²) in [6.45, 7) is 1.84. The van der Waals surface area contributed by atoms with E-state index in [-0.39, 0.29) is 11.4 Å². The van der Waals surface area contributed by atoms with Gasteiger partial charge in [0.2, 0.25) is 0 Å². The summed E-state index contributed by atoms with van der Waals surface area (Å²) in [7, 11) is 0. The third-order valence-electron chi connectivity index (χ3n) is 3.04. The average molecular weight is 326 g/mol. The minimum atomic E-state index is -0.697. The molecule has 24 heavy (non-hydrogen) atoms. The summed E-state index contributed by atoms with van der Waals surface area (Å²) < 4.78 is 0. The van der Waals surface area contributed by atoms with Crippen LogP contribution in [-0.2, 0) is 0 Å². The fourth-order valence-corrected chi connectivity index (χ4v) is 1.93. The standard InChI is InChI=1S/C16H14N4O4/c1-12(9-13-5-3-2-4-6-13)11-17-18-15-8-7-14(19(21)22)10-16(15)20(23)24/h2-11,18H,1H3. The van der Waals surface area contributed by atoms with Gasteiger partial charge in [0.15, 0.2) is 0 Å². The Hall–Kier alpha value is -3.55. The molecular formula is C16H14N4O4. The summed E-state index contributed by atoms with van der Waals surface area (Å²) in [5, 5.41) is 25.6. The highest BCUT2D eigenvalue weighted by Gasteiger charge is 2.18. The molecule has 122 valence electrons. The predicted octanol–water partition coefficient (Wildman–Crippen LogP) is 4.00. The molecule has 8 heteroatoms. The van der Waals surface area contributed by atoms with Gasteiger partial charge < -0.3 is 0 Å². The molecule has 0 fully saturated rings. The lowest BCUT2D eigenvalue weighted by Crippen LogP contribution is -1.98. The van der Waals surface area contributed by atoms with Crippen molar-refractivity contribution in [2.24, 2.45) is 5.10 Å². The van der Waals surface area contributed by atoms with Gasteiger partial charge in [-0.15, -0.1) is 0 Å². The Morgan fingerprint density at radius 1 is 1.08 bits per heavy atom. The maximum atomic E-state index is 11.0. The number of nitro groups is 2. The molecule has 0 unspecified atom stereocenters. The van der Waals surface area contributed by atoms with E-state index < -0.39 is 15.5 Å². The molecule has 2 aromatic carbocycles. The van der Waals surface area contributed by atoms with Gasteiger partial charge in [-0.1, -0.05) is 36.4 Å². The first-order valence-electron chi connectivity index (χ1n) is 6.92. The van der Waals surface area contributed by atoms with Gasteiger partial charge in [-0.05, 0) is 24.1 Å². The van der Waals surface area contributed by atoms with Crippen LogP contribution in [0.3, 0.4) is 0 Å². The van der Waals surface area contributed by atoms with Crippen LogP contribution in [0.4, 0.5) is 17.1 Å². The van der Waals surface area contributed by atoms with Gasteiger partial charge in [0.05, 0.1) is 22.1 Å². The molecular weight excluding hydrogens is 312 g/mol. The van der Waals surface area contributed by atoms with E-state index in [1.807, 2.05) is 43.3 Å². The smallest absolute Gasteiger partial charge is 0.272 e. The molecule has 0 amide bonds. The minimum absolute atomic E-state index is 0.0781. The topological polar surface area (TPSA) is 111 Å². The number of non-ortho nitro benzene ring substituents is 1. The third-order valence-corrected chi connectivity index (χ3v) is 3.04. The summed E-state index contributed by atoms with van der Waals surface area (Å²) >= 11 is 0. The molecule has 2 rings (SSSR count). The lowest BCUT2D eigenvalue weighted by atomic mass is 10.1. The largest absolute Gasteiger partial charge is 0.301 e. The highest BCUT2D eigenvalue weighted by molar-refractivity contribution is 5.85. The Bertz CT molecular complexity index is 816. The summed E-state index contributed by atoms with van der Waals surface area (Å²) in [6.07, 6.45) is 3.41. The average Bonchev–Trinajstić information content (AvgIpc) is 2.55. The number of hydrogen-bond donors (Lipinski definition) is 1. The van der Waals surface area contributed by atoms with E-state index in [9.17, 15) is 20.2 Å². The number of nitrogens with zero attached hydrogens (tertiary/aromatic N) is 3. The second kappa shape index (κ2) is 7.63. The number of benzene rings is 2. The molecule has 0 aromatic heterocycles. The highest BCUT2D eigenvalue weighted by atomic mass is 16.6. The second-order valence-electron chi connectivity index (χ2n) is 4.88. The van der Waals surface area contributed by atoms with Crippen molar-refractivity contribution < 1.29 is 9.85 Å². The normalized spacial score (nSPS) is 11.5. The molecule has 0 aliphatic carbocycles. The number of hydrazone groups is 1. The Labute approximate surface area is 137 Å². The van der Waals surface area contributed by atoms with Gasteiger partial charge in [0.1, 0.15) is 5.69 Å². The van der Waals surface area contributed by atoms with Crippen LogP contribution in [0.2, 0.25) is 0 Å². The first kappa shape index (κ1) is 16.8. The molecule has 8 nitrogen and oxygen atoms in total. The molecule has 0 aliphatic heterocycles. The van der Waals surface area contributed by atoms with Crippen LogP contribution in [0.1, 0.15) is 12.5 Å². The zero-order valence-electron chi connectivity index (χ0n) is 12.7. The molecule has 0 saturated heterocycles. The fourth-order valence-electron chi connectivity index (χ4n) is 1.93. The van der Waals surface area contributed by atoms with Crippen molar-refractivity contribution in [3.8, 4) is 0 Å². The van der Waals surface area contributed by atoms with Crippen molar-refractivity contribution >= 4 is 29.4 Å². The van der Waals surface area contributed by atoms with Crippen LogP contribution in [-0.4, -0.2) is 16.1 Å². The van der Waals surface area contributed by atoms with E-state index in [1.54, 1.807) is 0 Å². The van der Waals surface area contributed by atoms with E-state index in [1.165, 1.54) is 18.3 Å². The zero-order valence-corrected chi connectivity index (χ0v) is 12.7. The van der Waals surface area contributed by atoms with Crippen molar-refractivity contribution in [3.05, 3.63) is 79.9 Å². The number of anilines is 1. The summed E-state index contributed by atoms with van der Waals surface area (Å²) in [5.74, 6) is 0. The Kier molecular flexibility index (Phi) is 5.35. The monoisotopic (exact) mass is 326 g/mol. The van der Waals surface area contributed by atoms with Crippen molar-refractivity contribution in [2.45, 2.75) is 6.92 Å². The maximum absolute atomic E-state index is 11.0. The van der Waals surface area contributed by atoms with Crippen molar-refractivity contribution in [1.29, 1.82) is 0 Å². The third kappa shape index (κ3) is 4.47. The second-order valence-corrected chi connectivity index (χ2v) is 4.88. The lowest BCUT2D eigenvalue weighted by molar-refractivity contribution is -0.393. The van der Waals surface area contributed by atoms with Crippen LogP contribution < -0.4 is 5.43 Å². The van der Waals surface area contributed by atoms with Crippen molar-refractivity contribution in [2.75, 3.05) is 5.43 Å². The molecule has 2 aromatic rings. The fraction of sp³-hybridized carbons (Fsp3) is 0.0625. The molecule has 0 saturated carbocycles. The molecule has 0 aliphatic rings. The summed E-state index contributed by atoms with van der Waals surface area (Å²) in [6, 6.07) is 12.9.